The standard InChI is InChI=1S/C10H6ClFO4/c11-5-1-2-7(12)6(3-5)10(16)8(13)4-9(14)15/h1-3H,4H2,(H,14,15). The minimum Gasteiger partial charge on any atom is -0.481 e. The summed E-state index contributed by atoms with van der Waals surface area (Å²) in [6, 6.07) is 3.14. The molecule has 0 fully saturated rings. The minimum atomic E-state index is -1.44. The van der Waals surface area contributed by atoms with Crippen LogP contribution < -0.4 is 0 Å². The Morgan fingerprint density at radius 1 is 1.31 bits per heavy atom. The number of hydrogen-bond donors (Lipinski definition) is 1. The molecule has 0 aliphatic carbocycles. The lowest BCUT2D eigenvalue weighted by Gasteiger charge is -2.00. The predicted molar refractivity (Wildman–Crippen MR) is 53.0 cm³/mol. The smallest absolute Gasteiger partial charge is 0.311 e. The van der Waals surface area contributed by atoms with Crippen molar-refractivity contribution in [1.82, 2.24) is 0 Å². The molecule has 0 amide bonds. The molecular weight excluding hydrogens is 239 g/mol. The summed E-state index contributed by atoms with van der Waals surface area (Å²) in [6.45, 7) is 0. The summed E-state index contributed by atoms with van der Waals surface area (Å²) in [5, 5.41) is 8.40. The molecule has 6 heteroatoms. The molecule has 1 rings (SSSR count). The lowest BCUT2D eigenvalue weighted by molar-refractivity contribution is -0.139. The van der Waals surface area contributed by atoms with Gasteiger partial charge in [-0.15, -0.1) is 0 Å². The number of carboxylic acid groups (broad SMARTS) is 1. The van der Waals surface area contributed by atoms with E-state index in [4.69, 9.17) is 16.7 Å². The molecule has 16 heavy (non-hydrogen) atoms. The number of carbonyl (C=O) groups is 3. The summed E-state index contributed by atoms with van der Waals surface area (Å²) in [5.41, 5.74) is -0.515. The van der Waals surface area contributed by atoms with E-state index < -0.39 is 35.3 Å². The van der Waals surface area contributed by atoms with Crippen molar-refractivity contribution in [2.24, 2.45) is 0 Å². The van der Waals surface area contributed by atoms with Crippen molar-refractivity contribution in [3.05, 3.63) is 34.6 Å². The van der Waals surface area contributed by atoms with Gasteiger partial charge in [-0.3, -0.25) is 14.4 Å². The van der Waals surface area contributed by atoms with Crippen molar-refractivity contribution in [1.29, 1.82) is 0 Å². The molecule has 0 aliphatic rings. The summed E-state index contributed by atoms with van der Waals surface area (Å²) < 4.78 is 13.1. The predicted octanol–water partition coefficient (Wildman–Crippen LogP) is 1.71. The highest BCUT2D eigenvalue weighted by molar-refractivity contribution is 6.46. The highest BCUT2D eigenvalue weighted by Crippen LogP contribution is 2.16. The zero-order valence-electron chi connectivity index (χ0n) is 7.87. The summed E-state index contributed by atoms with van der Waals surface area (Å²) >= 11 is 5.52. The van der Waals surface area contributed by atoms with Gasteiger partial charge < -0.3 is 5.11 Å². The summed E-state index contributed by atoms with van der Waals surface area (Å²) in [4.78, 5) is 32.6. The lowest BCUT2D eigenvalue weighted by Crippen LogP contribution is -2.19. The molecule has 0 bridgehead atoms. The van der Waals surface area contributed by atoms with E-state index in [0.717, 1.165) is 12.1 Å². The third kappa shape index (κ3) is 2.87. The topological polar surface area (TPSA) is 71.4 Å². The van der Waals surface area contributed by atoms with Gasteiger partial charge in [-0.2, -0.15) is 0 Å². The van der Waals surface area contributed by atoms with E-state index >= 15 is 0 Å². The van der Waals surface area contributed by atoms with E-state index in [1.54, 1.807) is 0 Å². The monoisotopic (exact) mass is 244 g/mol. The number of hydrogen-bond acceptors (Lipinski definition) is 3. The average molecular weight is 245 g/mol. The van der Waals surface area contributed by atoms with Gasteiger partial charge in [0.1, 0.15) is 12.2 Å². The first-order valence-electron chi connectivity index (χ1n) is 4.16. The fourth-order valence-corrected chi connectivity index (χ4v) is 1.21. The first-order valence-corrected chi connectivity index (χ1v) is 4.54. The van der Waals surface area contributed by atoms with Gasteiger partial charge in [0, 0.05) is 5.02 Å². The van der Waals surface area contributed by atoms with Crippen LogP contribution in [0.3, 0.4) is 0 Å². The van der Waals surface area contributed by atoms with Gasteiger partial charge in [0.2, 0.25) is 11.6 Å². The van der Waals surface area contributed by atoms with Crippen LogP contribution in [-0.4, -0.2) is 22.6 Å². The van der Waals surface area contributed by atoms with Gasteiger partial charge in [0.25, 0.3) is 0 Å². The number of ketones is 2. The fraction of sp³-hybridized carbons (Fsp3) is 0.100. The van der Waals surface area contributed by atoms with Gasteiger partial charge in [-0.05, 0) is 18.2 Å². The molecule has 0 saturated carbocycles. The Kier molecular flexibility index (Phi) is 3.73. The summed E-state index contributed by atoms with van der Waals surface area (Å²) in [6.07, 6.45) is -0.967. The average Bonchev–Trinajstić information content (AvgIpc) is 2.19. The number of rotatable bonds is 4. The molecule has 84 valence electrons. The van der Waals surface area contributed by atoms with Crippen LogP contribution in [0.15, 0.2) is 18.2 Å². The van der Waals surface area contributed by atoms with E-state index in [1.165, 1.54) is 6.07 Å². The van der Waals surface area contributed by atoms with E-state index in [0.29, 0.717) is 0 Å². The van der Waals surface area contributed by atoms with Gasteiger partial charge in [-0.25, -0.2) is 4.39 Å². The molecule has 1 aromatic carbocycles. The highest BCUT2D eigenvalue weighted by Gasteiger charge is 2.22. The van der Waals surface area contributed by atoms with Crippen LogP contribution in [0.2, 0.25) is 5.02 Å². The number of aliphatic carboxylic acids is 1. The zero-order chi connectivity index (χ0) is 12.3. The molecule has 0 radical (unpaired) electrons. The molecule has 1 N–H and O–H groups in total. The quantitative estimate of drug-likeness (QED) is 0.497. The van der Waals surface area contributed by atoms with Crippen LogP contribution in [-0.2, 0) is 9.59 Å². The normalized spacial score (nSPS) is 9.88. The SMILES string of the molecule is O=C(O)CC(=O)C(=O)c1cc(Cl)ccc1F. The zero-order valence-corrected chi connectivity index (χ0v) is 8.62. The Bertz CT molecular complexity index is 470. The first-order chi connectivity index (χ1) is 7.41. The maximum Gasteiger partial charge on any atom is 0.311 e. The third-order valence-electron chi connectivity index (χ3n) is 1.74. The van der Waals surface area contributed by atoms with Gasteiger partial charge in [0.15, 0.2) is 0 Å². The molecule has 0 heterocycles. The number of Topliss-reactive ketones (excluding diaryl/α,β-unsaturated/α-hetero) is 2. The fourth-order valence-electron chi connectivity index (χ4n) is 1.04. The first kappa shape index (κ1) is 12.3. The Morgan fingerprint density at radius 3 is 2.50 bits per heavy atom. The molecule has 1 aromatic rings. The maximum atomic E-state index is 13.1. The molecule has 0 spiro atoms. The van der Waals surface area contributed by atoms with E-state index in [1.807, 2.05) is 0 Å². The number of carboxylic acids is 1. The van der Waals surface area contributed by atoms with Crippen molar-refractivity contribution < 1.29 is 23.9 Å². The molecule has 0 aliphatic heterocycles. The van der Waals surface area contributed by atoms with Crippen LogP contribution in [0.5, 0.6) is 0 Å². The molecule has 0 saturated heterocycles. The highest BCUT2D eigenvalue weighted by atomic mass is 35.5. The van der Waals surface area contributed by atoms with E-state index in [2.05, 4.69) is 0 Å². The number of benzene rings is 1. The van der Waals surface area contributed by atoms with Crippen LogP contribution in [0.25, 0.3) is 0 Å². The van der Waals surface area contributed by atoms with Crippen LogP contribution in [0, 0.1) is 5.82 Å². The molecule has 0 unspecified atom stereocenters. The van der Waals surface area contributed by atoms with Gasteiger partial charge in [-0.1, -0.05) is 11.6 Å². The second-order valence-corrected chi connectivity index (χ2v) is 3.38. The van der Waals surface area contributed by atoms with E-state index in [9.17, 15) is 18.8 Å². The lowest BCUT2D eigenvalue weighted by atomic mass is 10.1. The summed E-state index contributed by atoms with van der Waals surface area (Å²) in [5.74, 6) is -4.73. The maximum absolute atomic E-state index is 13.1. The number of halogens is 2. The van der Waals surface area contributed by atoms with Gasteiger partial charge in [0.05, 0.1) is 5.56 Å². The van der Waals surface area contributed by atoms with Crippen molar-refractivity contribution in [3.63, 3.8) is 0 Å². The Hall–Kier alpha value is -1.75. The van der Waals surface area contributed by atoms with Crippen molar-refractivity contribution in [3.8, 4) is 0 Å². The number of carbonyl (C=O) groups excluding carboxylic acids is 2. The minimum absolute atomic E-state index is 0.0906. The van der Waals surface area contributed by atoms with Crippen LogP contribution in [0.1, 0.15) is 16.8 Å². The molecule has 0 aromatic heterocycles. The Labute approximate surface area is 94.6 Å². The molecular formula is C10H6ClFO4. The van der Waals surface area contributed by atoms with Gasteiger partial charge >= 0.3 is 5.97 Å². The van der Waals surface area contributed by atoms with E-state index in [-0.39, 0.29) is 5.02 Å². The second-order valence-electron chi connectivity index (χ2n) is 2.95. The molecule has 0 atom stereocenters. The van der Waals surface area contributed by atoms with Crippen LogP contribution in [0.4, 0.5) is 4.39 Å². The third-order valence-corrected chi connectivity index (χ3v) is 1.97. The second kappa shape index (κ2) is 4.85. The Balaban J connectivity index is 3.00. The largest absolute Gasteiger partial charge is 0.481 e. The van der Waals surface area contributed by atoms with Crippen molar-refractivity contribution >= 4 is 29.1 Å². The Morgan fingerprint density at radius 2 is 1.94 bits per heavy atom. The van der Waals surface area contributed by atoms with Crippen molar-refractivity contribution in [2.75, 3.05) is 0 Å². The summed E-state index contributed by atoms with van der Waals surface area (Å²) in [7, 11) is 0. The van der Waals surface area contributed by atoms with Crippen LogP contribution >= 0.6 is 11.6 Å². The molecule has 4 nitrogen and oxygen atoms in total. The van der Waals surface area contributed by atoms with Crippen molar-refractivity contribution in [2.45, 2.75) is 6.42 Å².